The number of methoxy groups -OCH3 is 1. The monoisotopic (exact) mass is 370 g/mol. The first-order valence-corrected chi connectivity index (χ1v) is 8.59. The quantitative estimate of drug-likeness (QED) is 0.565. The third-order valence-electron chi connectivity index (χ3n) is 4.16. The maximum absolute atomic E-state index is 13.0. The third kappa shape index (κ3) is 4.18. The molecule has 0 spiro atoms. The molecule has 0 bridgehead atoms. The molecule has 0 atom stereocenters. The molecule has 0 saturated carbocycles. The molecule has 0 aliphatic carbocycles. The minimum atomic E-state index is -0.622. The Hall–Kier alpha value is -3.11. The van der Waals surface area contributed by atoms with E-state index in [0.717, 1.165) is 4.57 Å². The molecule has 7 nitrogen and oxygen atoms in total. The van der Waals surface area contributed by atoms with Crippen LogP contribution in [0.2, 0.25) is 0 Å². The van der Waals surface area contributed by atoms with Gasteiger partial charge in [0.15, 0.2) is 5.78 Å². The zero-order chi connectivity index (χ0) is 20.0. The van der Waals surface area contributed by atoms with E-state index in [9.17, 15) is 20.0 Å². The molecule has 0 aliphatic rings. The molecule has 27 heavy (non-hydrogen) atoms. The Labute approximate surface area is 157 Å². The summed E-state index contributed by atoms with van der Waals surface area (Å²) in [6.45, 7) is 4.28. The van der Waals surface area contributed by atoms with Crippen molar-refractivity contribution < 1.29 is 19.4 Å². The molecule has 1 aromatic carbocycles. The number of aromatic hydroxyl groups is 1. The molecule has 0 fully saturated rings. The van der Waals surface area contributed by atoms with Crippen molar-refractivity contribution in [2.24, 2.45) is 0 Å². The predicted molar refractivity (Wildman–Crippen MR) is 99.4 cm³/mol. The maximum Gasteiger partial charge on any atom is 0.271 e. The topological polar surface area (TPSA) is 102 Å². The van der Waals surface area contributed by atoms with Crippen molar-refractivity contribution in [3.63, 3.8) is 0 Å². The summed E-state index contributed by atoms with van der Waals surface area (Å²) >= 11 is 0. The Morgan fingerprint density at radius 1 is 1.37 bits per heavy atom. The molecule has 0 unspecified atom stereocenters. The van der Waals surface area contributed by atoms with Gasteiger partial charge in [-0.3, -0.25) is 14.2 Å². The lowest BCUT2D eigenvalue weighted by molar-refractivity contribution is 0.103. The van der Waals surface area contributed by atoms with E-state index < -0.39 is 17.2 Å². The van der Waals surface area contributed by atoms with Crippen molar-refractivity contribution in [3.05, 3.63) is 56.9 Å². The zero-order valence-electron chi connectivity index (χ0n) is 15.6. The van der Waals surface area contributed by atoms with Crippen LogP contribution in [-0.2, 0) is 11.3 Å². The highest BCUT2D eigenvalue weighted by Crippen LogP contribution is 2.26. The maximum atomic E-state index is 13.0. The normalized spacial score (nSPS) is 10.4. The second-order valence-electron chi connectivity index (χ2n) is 5.90. The average Bonchev–Trinajstić information content (AvgIpc) is 2.65. The van der Waals surface area contributed by atoms with E-state index in [2.05, 4.69) is 0 Å². The smallest absolute Gasteiger partial charge is 0.271 e. The van der Waals surface area contributed by atoms with Crippen molar-refractivity contribution in [1.29, 1.82) is 5.26 Å². The number of hydrogen-bond acceptors (Lipinski definition) is 6. The van der Waals surface area contributed by atoms with E-state index in [-0.39, 0.29) is 23.2 Å². The molecule has 0 saturated heterocycles. The van der Waals surface area contributed by atoms with Crippen molar-refractivity contribution in [3.8, 4) is 17.7 Å². The molecule has 2 aromatic rings. The standard InChI is InChI=1S/C20H22N2O5/c1-4-27-15-8-5-7-14(11-15)18(23)17-13(2)16(12-21)19(24)22(20(17)25)9-6-10-26-3/h5,7-8,11,25H,4,6,9-10H2,1-3H3. The molecular weight excluding hydrogens is 348 g/mol. The van der Waals surface area contributed by atoms with Crippen LogP contribution in [0.3, 0.4) is 0 Å². The summed E-state index contributed by atoms with van der Waals surface area (Å²) in [6.07, 6.45) is 0.450. The summed E-state index contributed by atoms with van der Waals surface area (Å²) in [4.78, 5) is 25.5. The highest BCUT2D eigenvalue weighted by molar-refractivity contribution is 6.11. The first-order chi connectivity index (χ1) is 13.0. The van der Waals surface area contributed by atoms with Gasteiger partial charge in [0.25, 0.3) is 5.56 Å². The van der Waals surface area contributed by atoms with Crippen LogP contribution in [0.1, 0.15) is 40.4 Å². The van der Waals surface area contributed by atoms with E-state index in [1.807, 2.05) is 13.0 Å². The van der Waals surface area contributed by atoms with Crippen LogP contribution in [-0.4, -0.2) is 35.8 Å². The molecule has 142 valence electrons. The van der Waals surface area contributed by atoms with Gasteiger partial charge in [0.05, 0.1) is 12.2 Å². The Morgan fingerprint density at radius 2 is 2.11 bits per heavy atom. The Morgan fingerprint density at radius 3 is 2.74 bits per heavy atom. The number of carbonyl (C=O) groups excluding carboxylic acids is 1. The molecule has 1 N–H and O–H groups in total. The van der Waals surface area contributed by atoms with Gasteiger partial charge < -0.3 is 14.6 Å². The van der Waals surface area contributed by atoms with Crippen molar-refractivity contribution in [1.82, 2.24) is 4.57 Å². The molecule has 0 aliphatic heterocycles. The van der Waals surface area contributed by atoms with Gasteiger partial charge in [-0.15, -0.1) is 0 Å². The van der Waals surface area contributed by atoms with Gasteiger partial charge in [-0.25, -0.2) is 0 Å². The number of rotatable bonds is 8. The van der Waals surface area contributed by atoms with Crippen molar-refractivity contribution >= 4 is 5.78 Å². The molecule has 1 heterocycles. The van der Waals surface area contributed by atoms with Crippen LogP contribution >= 0.6 is 0 Å². The fourth-order valence-corrected chi connectivity index (χ4v) is 2.84. The highest BCUT2D eigenvalue weighted by atomic mass is 16.5. The van der Waals surface area contributed by atoms with E-state index in [1.165, 1.54) is 14.0 Å². The Bertz CT molecular complexity index is 941. The Balaban J connectivity index is 2.60. The number of hydrogen-bond donors (Lipinski definition) is 1. The minimum absolute atomic E-state index is 0.0581. The lowest BCUT2D eigenvalue weighted by atomic mass is 9.97. The largest absolute Gasteiger partial charge is 0.494 e. The van der Waals surface area contributed by atoms with E-state index in [1.54, 1.807) is 24.3 Å². The van der Waals surface area contributed by atoms with Gasteiger partial charge in [0.1, 0.15) is 17.4 Å². The molecule has 0 radical (unpaired) electrons. The van der Waals surface area contributed by atoms with Gasteiger partial charge in [-0.05, 0) is 38.0 Å². The second kappa shape index (κ2) is 9.01. The van der Waals surface area contributed by atoms with Crippen LogP contribution in [0.4, 0.5) is 0 Å². The number of carbonyl (C=O) groups is 1. The first kappa shape index (κ1) is 20.2. The van der Waals surface area contributed by atoms with Crippen LogP contribution in [0.15, 0.2) is 29.1 Å². The van der Waals surface area contributed by atoms with Crippen molar-refractivity contribution in [2.75, 3.05) is 20.3 Å². The fraction of sp³-hybridized carbons (Fsp3) is 0.350. The van der Waals surface area contributed by atoms with E-state index in [0.29, 0.717) is 30.9 Å². The Kier molecular flexibility index (Phi) is 6.74. The average molecular weight is 370 g/mol. The molecular formula is C20H22N2O5. The van der Waals surface area contributed by atoms with Crippen LogP contribution in [0.5, 0.6) is 11.6 Å². The predicted octanol–water partition coefficient (Wildman–Crippen LogP) is 2.40. The van der Waals surface area contributed by atoms with E-state index >= 15 is 0 Å². The van der Waals surface area contributed by atoms with Gasteiger partial charge in [-0.2, -0.15) is 5.26 Å². The number of nitriles is 1. The minimum Gasteiger partial charge on any atom is -0.494 e. The summed E-state index contributed by atoms with van der Waals surface area (Å²) in [5.74, 6) is -0.405. The third-order valence-corrected chi connectivity index (χ3v) is 4.16. The van der Waals surface area contributed by atoms with Crippen LogP contribution < -0.4 is 10.3 Å². The molecule has 1 aromatic heterocycles. The summed E-state index contributed by atoms with van der Waals surface area (Å²) < 4.78 is 11.4. The number of ether oxygens (including phenoxy) is 2. The summed E-state index contributed by atoms with van der Waals surface area (Å²) in [6, 6.07) is 8.40. The lowest BCUT2D eigenvalue weighted by Crippen LogP contribution is -2.27. The highest BCUT2D eigenvalue weighted by Gasteiger charge is 2.25. The first-order valence-electron chi connectivity index (χ1n) is 8.59. The number of benzene rings is 1. The van der Waals surface area contributed by atoms with Gasteiger partial charge in [0.2, 0.25) is 5.88 Å². The molecule has 7 heteroatoms. The number of ketones is 1. The van der Waals surface area contributed by atoms with Crippen LogP contribution in [0.25, 0.3) is 0 Å². The number of aromatic nitrogens is 1. The van der Waals surface area contributed by atoms with Gasteiger partial charge in [0, 0.05) is 25.8 Å². The second-order valence-corrected chi connectivity index (χ2v) is 5.90. The van der Waals surface area contributed by atoms with Gasteiger partial charge in [-0.1, -0.05) is 12.1 Å². The lowest BCUT2D eigenvalue weighted by Gasteiger charge is -2.15. The van der Waals surface area contributed by atoms with Crippen LogP contribution in [0, 0.1) is 18.3 Å². The van der Waals surface area contributed by atoms with Gasteiger partial charge >= 0.3 is 0 Å². The number of nitrogens with zero attached hydrogens (tertiary/aromatic N) is 2. The summed E-state index contributed by atoms with van der Waals surface area (Å²) in [7, 11) is 1.53. The fourth-order valence-electron chi connectivity index (χ4n) is 2.84. The molecule has 2 rings (SSSR count). The number of pyridine rings is 1. The molecule has 0 amide bonds. The van der Waals surface area contributed by atoms with Crippen molar-refractivity contribution in [2.45, 2.75) is 26.8 Å². The van der Waals surface area contributed by atoms with E-state index in [4.69, 9.17) is 9.47 Å². The zero-order valence-corrected chi connectivity index (χ0v) is 15.6. The summed E-state index contributed by atoms with van der Waals surface area (Å²) in [5.41, 5.74) is -0.380. The summed E-state index contributed by atoms with van der Waals surface area (Å²) in [5, 5.41) is 20.0. The SMILES string of the molecule is CCOc1cccc(C(=O)c2c(C)c(C#N)c(=O)n(CCCOC)c2O)c1.